The molecule has 4 nitrogen and oxygen atoms in total. The first-order valence-corrected chi connectivity index (χ1v) is 4.86. The summed E-state index contributed by atoms with van der Waals surface area (Å²) in [5, 5.41) is 9.41. The van der Waals surface area contributed by atoms with Crippen LogP contribution >= 0.6 is 0 Å². The molecule has 0 radical (unpaired) electrons. The molecule has 1 aromatic heterocycles. The molecule has 0 amide bonds. The third kappa shape index (κ3) is 2.06. The maximum absolute atomic E-state index is 9.41. The van der Waals surface area contributed by atoms with Crippen LogP contribution in [0.1, 0.15) is 5.69 Å². The molecule has 82 valence electrons. The van der Waals surface area contributed by atoms with Crippen LogP contribution < -0.4 is 10.5 Å². The highest BCUT2D eigenvalue weighted by atomic mass is 16.5. The molecule has 0 saturated carbocycles. The van der Waals surface area contributed by atoms with Gasteiger partial charge >= 0.3 is 0 Å². The lowest BCUT2D eigenvalue weighted by molar-refractivity contribution is 0.449. The van der Waals surface area contributed by atoms with Gasteiger partial charge in [0.2, 0.25) is 5.88 Å². The fourth-order valence-corrected chi connectivity index (χ4v) is 1.31. The summed E-state index contributed by atoms with van der Waals surface area (Å²) in [4.78, 5) is 4.18. The number of anilines is 1. The van der Waals surface area contributed by atoms with Crippen molar-refractivity contribution in [3.63, 3.8) is 0 Å². The standard InChI is InChI=1S/C12H12N2O2/c1-8-4-2-7-11(14-8)16-10-6-3-5-9(15)12(10)13/h2-7,15H,13H2,1H3. The molecule has 1 aromatic carbocycles. The maximum Gasteiger partial charge on any atom is 0.219 e. The minimum atomic E-state index is 0.00477. The predicted molar refractivity (Wildman–Crippen MR) is 61.6 cm³/mol. The van der Waals surface area contributed by atoms with Crippen LogP contribution in [0, 0.1) is 6.92 Å². The minimum absolute atomic E-state index is 0.00477. The van der Waals surface area contributed by atoms with E-state index < -0.39 is 0 Å². The second-order valence-electron chi connectivity index (χ2n) is 3.41. The van der Waals surface area contributed by atoms with Crippen molar-refractivity contribution in [2.45, 2.75) is 6.92 Å². The van der Waals surface area contributed by atoms with Gasteiger partial charge in [0.1, 0.15) is 11.4 Å². The third-order valence-corrected chi connectivity index (χ3v) is 2.12. The van der Waals surface area contributed by atoms with Crippen molar-refractivity contribution in [1.82, 2.24) is 4.98 Å². The molecule has 0 fully saturated rings. The number of aromatic hydroxyl groups is 1. The van der Waals surface area contributed by atoms with Crippen molar-refractivity contribution in [3.05, 3.63) is 42.1 Å². The zero-order chi connectivity index (χ0) is 11.5. The number of nitrogen functional groups attached to an aromatic ring is 1. The number of phenols is 1. The van der Waals surface area contributed by atoms with Gasteiger partial charge in [0.25, 0.3) is 0 Å². The van der Waals surface area contributed by atoms with Crippen molar-refractivity contribution in [2.24, 2.45) is 0 Å². The minimum Gasteiger partial charge on any atom is -0.506 e. The number of nitrogens with two attached hydrogens (primary N) is 1. The summed E-state index contributed by atoms with van der Waals surface area (Å²) in [6.45, 7) is 1.87. The highest BCUT2D eigenvalue weighted by Crippen LogP contribution is 2.32. The predicted octanol–water partition coefficient (Wildman–Crippen LogP) is 2.47. The smallest absolute Gasteiger partial charge is 0.219 e. The van der Waals surface area contributed by atoms with E-state index in [0.717, 1.165) is 5.69 Å². The van der Waals surface area contributed by atoms with Crippen molar-refractivity contribution in [3.8, 4) is 17.4 Å². The van der Waals surface area contributed by atoms with E-state index in [1.807, 2.05) is 19.1 Å². The summed E-state index contributed by atoms with van der Waals surface area (Å²) in [7, 11) is 0. The topological polar surface area (TPSA) is 68.4 Å². The Labute approximate surface area is 93.3 Å². The van der Waals surface area contributed by atoms with E-state index in [9.17, 15) is 5.11 Å². The zero-order valence-corrected chi connectivity index (χ0v) is 8.84. The van der Waals surface area contributed by atoms with E-state index >= 15 is 0 Å². The first-order chi connectivity index (χ1) is 7.66. The molecule has 1 heterocycles. The largest absolute Gasteiger partial charge is 0.506 e. The number of rotatable bonds is 2. The molecule has 3 N–H and O–H groups in total. The van der Waals surface area contributed by atoms with E-state index in [1.54, 1.807) is 18.2 Å². The molecule has 2 aromatic rings. The van der Waals surface area contributed by atoms with E-state index in [4.69, 9.17) is 10.5 Å². The number of ether oxygens (including phenoxy) is 1. The molecule has 0 unspecified atom stereocenters. The molecule has 0 spiro atoms. The van der Waals surface area contributed by atoms with Crippen molar-refractivity contribution >= 4 is 5.69 Å². The van der Waals surface area contributed by atoms with Crippen LogP contribution in [-0.4, -0.2) is 10.1 Å². The fraction of sp³-hybridized carbons (Fsp3) is 0.0833. The number of hydrogen-bond donors (Lipinski definition) is 2. The molecule has 0 bridgehead atoms. The Morgan fingerprint density at radius 3 is 2.69 bits per heavy atom. The number of aryl methyl sites for hydroxylation is 1. The number of hydrogen-bond acceptors (Lipinski definition) is 4. The first-order valence-electron chi connectivity index (χ1n) is 4.86. The number of aromatic nitrogens is 1. The van der Waals surface area contributed by atoms with Gasteiger partial charge in [-0.05, 0) is 25.1 Å². The highest BCUT2D eigenvalue weighted by Gasteiger charge is 2.06. The van der Waals surface area contributed by atoms with Gasteiger partial charge in [0.05, 0.1) is 0 Å². The van der Waals surface area contributed by atoms with Crippen LogP contribution in [0.15, 0.2) is 36.4 Å². The Hall–Kier alpha value is -2.23. The Balaban J connectivity index is 2.31. The van der Waals surface area contributed by atoms with Gasteiger partial charge in [-0.1, -0.05) is 12.1 Å². The van der Waals surface area contributed by atoms with E-state index in [1.165, 1.54) is 6.07 Å². The number of para-hydroxylation sites is 1. The van der Waals surface area contributed by atoms with Crippen LogP contribution in [-0.2, 0) is 0 Å². The van der Waals surface area contributed by atoms with Crippen LogP contribution in [0.25, 0.3) is 0 Å². The Kier molecular flexibility index (Phi) is 2.64. The SMILES string of the molecule is Cc1cccc(Oc2cccc(O)c2N)n1. The van der Waals surface area contributed by atoms with Crippen molar-refractivity contribution in [1.29, 1.82) is 0 Å². The van der Waals surface area contributed by atoms with Gasteiger partial charge in [-0.3, -0.25) is 0 Å². The molecule has 0 aliphatic carbocycles. The summed E-state index contributed by atoms with van der Waals surface area (Å²) in [6.07, 6.45) is 0. The molecule has 4 heteroatoms. The average Bonchev–Trinajstić information content (AvgIpc) is 2.25. The number of pyridine rings is 1. The van der Waals surface area contributed by atoms with E-state index in [-0.39, 0.29) is 11.4 Å². The zero-order valence-electron chi connectivity index (χ0n) is 8.84. The lowest BCUT2D eigenvalue weighted by Gasteiger charge is -2.08. The fourth-order valence-electron chi connectivity index (χ4n) is 1.31. The summed E-state index contributed by atoms with van der Waals surface area (Å²) in [5.74, 6) is 0.862. The van der Waals surface area contributed by atoms with Gasteiger partial charge in [-0.15, -0.1) is 0 Å². The molecule has 16 heavy (non-hydrogen) atoms. The van der Waals surface area contributed by atoms with Gasteiger partial charge in [-0.25, -0.2) is 4.98 Å². The van der Waals surface area contributed by atoms with Crippen LogP contribution in [0.5, 0.6) is 17.4 Å². The average molecular weight is 216 g/mol. The van der Waals surface area contributed by atoms with Crippen LogP contribution in [0.3, 0.4) is 0 Å². The molecular formula is C12H12N2O2. The summed E-state index contributed by atoms with van der Waals surface area (Å²) < 4.78 is 5.47. The van der Waals surface area contributed by atoms with E-state index in [0.29, 0.717) is 11.6 Å². The van der Waals surface area contributed by atoms with E-state index in [2.05, 4.69) is 4.98 Å². The number of nitrogens with zero attached hydrogens (tertiary/aromatic N) is 1. The number of benzene rings is 1. The second-order valence-corrected chi connectivity index (χ2v) is 3.41. The quantitative estimate of drug-likeness (QED) is 0.597. The first kappa shape index (κ1) is 10.3. The van der Waals surface area contributed by atoms with Crippen molar-refractivity contribution < 1.29 is 9.84 Å². The third-order valence-electron chi connectivity index (χ3n) is 2.12. The highest BCUT2D eigenvalue weighted by molar-refractivity contribution is 5.62. The Morgan fingerprint density at radius 1 is 1.19 bits per heavy atom. The number of phenolic OH excluding ortho intramolecular Hbond substituents is 1. The monoisotopic (exact) mass is 216 g/mol. The normalized spacial score (nSPS) is 10.1. The molecule has 0 aliphatic rings. The molecule has 2 rings (SSSR count). The van der Waals surface area contributed by atoms with Gasteiger partial charge in [0, 0.05) is 11.8 Å². The molecule has 0 aliphatic heterocycles. The van der Waals surface area contributed by atoms with Gasteiger partial charge in [0.15, 0.2) is 5.75 Å². The Bertz CT molecular complexity index is 512. The second kappa shape index (κ2) is 4.10. The Morgan fingerprint density at radius 2 is 1.94 bits per heavy atom. The van der Waals surface area contributed by atoms with Gasteiger partial charge in [-0.2, -0.15) is 0 Å². The van der Waals surface area contributed by atoms with Crippen molar-refractivity contribution in [2.75, 3.05) is 5.73 Å². The lowest BCUT2D eigenvalue weighted by atomic mass is 10.3. The van der Waals surface area contributed by atoms with Gasteiger partial charge < -0.3 is 15.6 Å². The van der Waals surface area contributed by atoms with Crippen LogP contribution in [0.2, 0.25) is 0 Å². The summed E-state index contributed by atoms with van der Waals surface area (Å²) in [6, 6.07) is 10.3. The molecule has 0 saturated heterocycles. The molecule has 0 atom stereocenters. The summed E-state index contributed by atoms with van der Waals surface area (Å²) >= 11 is 0. The van der Waals surface area contributed by atoms with Crippen LogP contribution in [0.4, 0.5) is 5.69 Å². The summed E-state index contributed by atoms with van der Waals surface area (Å²) in [5.41, 5.74) is 6.74. The maximum atomic E-state index is 9.41. The lowest BCUT2D eigenvalue weighted by Crippen LogP contribution is -1.94. The molecular weight excluding hydrogens is 204 g/mol.